The molecule has 0 aliphatic carbocycles. The third-order valence-corrected chi connectivity index (χ3v) is 4.53. The van der Waals surface area contributed by atoms with E-state index >= 15 is 0 Å². The Bertz CT molecular complexity index is 391. The van der Waals surface area contributed by atoms with Crippen LogP contribution in [-0.2, 0) is 11.2 Å². The number of piperidine rings is 1. The number of likely N-dealkylation sites (tertiary alicyclic amines) is 1. The molecule has 118 valence electrons. The third-order valence-electron chi connectivity index (χ3n) is 4.53. The van der Waals surface area contributed by atoms with Gasteiger partial charge < -0.3 is 15.6 Å². The Morgan fingerprint density at radius 3 is 2.52 bits per heavy atom. The molecule has 2 unspecified atom stereocenters. The van der Waals surface area contributed by atoms with Crippen LogP contribution in [0.4, 0.5) is 0 Å². The lowest BCUT2D eigenvalue weighted by molar-refractivity contribution is 0.0485. The zero-order valence-corrected chi connectivity index (χ0v) is 12.9. The number of ether oxygens (including phenoxy) is 1. The lowest BCUT2D eigenvalue weighted by atomic mass is 9.89. The van der Waals surface area contributed by atoms with E-state index in [0.717, 1.165) is 25.4 Å². The Morgan fingerprint density at radius 1 is 1.29 bits per heavy atom. The summed E-state index contributed by atoms with van der Waals surface area (Å²) in [4.78, 5) is 2.32. The molecule has 2 rings (SSSR count). The summed E-state index contributed by atoms with van der Waals surface area (Å²) in [7, 11) is 1.65. The van der Waals surface area contributed by atoms with E-state index in [1.54, 1.807) is 7.11 Å². The maximum absolute atomic E-state index is 9.60. The molecule has 0 amide bonds. The van der Waals surface area contributed by atoms with Crippen LogP contribution in [0.3, 0.4) is 0 Å². The molecule has 1 aromatic carbocycles. The predicted octanol–water partition coefficient (Wildman–Crippen LogP) is 1.28. The monoisotopic (exact) mass is 292 g/mol. The maximum Gasteiger partial charge on any atom is 0.0629 e. The number of hydrogen-bond donors (Lipinski definition) is 2. The number of rotatable bonds is 7. The zero-order valence-electron chi connectivity index (χ0n) is 12.9. The Hall–Kier alpha value is -0.940. The van der Waals surface area contributed by atoms with Gasteiger partial charge in [-0.2, -0.15) is 0 Å². The second kappa shape index (κ2) is 8.49. The fraction of sp³-hybridized carbons (Fsp3) is 0.647. The van der Waals surface area contributed by atoms with Crippen molar-refractivity contribution < 1.29 is 9.84 Å². The number of nitrogens with two attached hydrogens (primary N) is 1. The summed E-state index contributed by atoms with van der Waals surface area (Å²) in [5.41, 5.74) is 7.52. The van der Waals surface area contributed by atoms with Crippen molar-refractivity contribution in [1.82, 2.24) is 4.90 Å². The maximum atomic E-state index is 9.60. The van der Waals surface area contributed by atoms with Crippen molar-refractivity contribution in [3.63, 3.8) is 0 Å². The van der Waals surface area contributed by atoms with E-state index in [2.05, 4.69) is 35.2 Å². The van der Waals surface area contributed by atoms with Gasteiger partial charge in [0.2, 0.25) is 0 Å². The number of methoxy groups -OCH3 is 1. The molecule has 0 aromatic heterocycles. The normalized spacial score (nSPS) is 20.3. The molecule has 3 N–H and O–H groups in total. The molecule has 4 heteroatoms. The van der Waals surface area contributed by atoms with E-state index in [4.69, 9.17) is 10.5 Å². The van der Waals surface area contributed by atoms with Crippen LogP contribution in [0.15, 0.2) is 30.3 Å². The topological polar surface area (TPSA) is 58.7 Å². The Labute approximate surface area is 127 Å². The van der Waals surface area contributed by atoms with E-state index in [1.165, 1.54) is 18.4 Å². The van der Waals surface area contributed by atoms with Gasteiger partial charge in [-0.15, -0.1) is 0 Å². The molecule has 1 aromatic rings. The van der Waals surface area contributed by atoms with Crippen molar-refractivity contribution in [3.8, 4) is 0 Å². The quantitative estimate of drug-likeness (QED) is 0.795. The first-order chi connectivity index (χ1) is 10.2. The van der Waals surface area contributed by atoms with E-state index < -0.39 is 0 Å². The smallest absolute Gasteiger partial charge is 0.0629 e. The van der Waals surface area contributed by atoms with Crippen molar-refractivity contribution in [2.45, 2.75) is 31.3 Å². The van der Waals surface area contributed by atoms with Gasteiger partial charge in [-0.05, 0) is 43.8 Å². The molecule has 4 nitrogen and oxygen atoms in total. The summed E-state index contributed by atoms with van der Waals surface area (Å²) in [5.74, 6) is 0.738. The van der Waals surface area contributed by atoms with Gasteiger partial charge in [0.1, 0.15) is 0 Å². The molecule has 21 heavy (non-hydrogen) atoms. The standard InChI is InChI=1S/C17H28N2O2/c1-21-13-16(18)17(12-20)19-9-7-15(8-10-19)11-14-5-3-2-4-6-14/h2-6,15-17,20H,7-13,18H2,1H3. The fourth-order valence-corrected chi connectivity index (χ4v) is 3.26. The molecular formula is C17H28N2O2. The van der Waals surface area contributed by atoms with E-state index in [1.807, 2.05) is 0 Å². The third kappa shape index (κ3) is 4.78. The molecule has 1 aliphatic heterocycles. The van der Waals surface area contributed by atoms with E-state index in [0.29, 0.717) is 6.61 Å². The van der Waals surface area contributed by atoms with Crippen molar-refractivity contribution >= 4 is 0 Å². The van der Waals surface area contributed by atoms with Crippen LogP contribution >= 0.6 is 0 Å². The molecule has 1 heterocycles. The van der Waals surface area contributed by atoms with Crippen LogP contribution in [0.5, 0.6) is 0 Å². The molecule has 1 saturated heterocycles. The lowest BCUT2D eigenvalue weighted by Gasteiger charge is -2.39. The van der Waals surface area contributed by atoms with E-state index in [9.17, 15) is 5.11 Å². The highest BCUT2D eigenvalue weighted by molar-refractivity contribution is 5.15. The number of nitrogens with zero attached hydrogens (tertiary/aromatic N) is 1. The van der Waals surface area contributed by atoms with Gasteiger partial charge in [-0.1, -0.05) is 30.3 Å². The average molecular weight is 292 g/mol. The summed E-state index contributed by atoms with van der Waals surface area (Å²) >= 11 is 0. The van der Waals surface area contributed by atoms with Crippen molar-refractivity contribution in [2.24, 2.45) is 11.7 Å². The van der Waals surface area contributed by atoms with Crippen LogP contribution in [0.2, 0.25) is 0 Å². The van der Waals surface area contributed by atoms with Gasteiger partial charge in [0.25, 0.3) is 0 Å². The SMILES string of the molecule is COCC(N)C(CO)N1CCC(Cc2ccccc2)CC1. The molecule has 2 atom stereocenters. The molecular weight excluding hydrogens is 264 g/mol. The first-order valence-electron chi connectivity index (χ1n) is 7.88. The summed E-state index contributed by atoms with van der Waals surface area (Å²) < 4.78 is 5.11. The molecule has 1 fully saturated rings. The Morgan fingerprint density at radius 2 is 1.95 bits per heavy atom. The number of aliphatic hydroxyl groups excluding tert-OH is 1. The highest BCUT2D eigenvalue weighted by atomic mass is 16.5. The highest BCUT2D eigenvalue weighted by Crippen LogP contribution is 2.23. The number of hydrogen-bond acceptors (Lipinski definition) is 4. The minimum absolute atomic E-state index is 0.0163. The largest absolute Gasteiger partial charge is 0.395 e. The van der Waals surface area contributed by atoms with Gasteiger partial charge in [-0.25, -0.2) is 0 Å². The van der Waals surface area contributed by atoms with E-state index in [-0.39, 0.29) is 18.7 Å². The minimum atomic E-state index is -0.120. The Balaban J connectivity index is 1.82. The predicted molar refractivity (Wildman–Crippen MR) is 85.2 cm³/mol. The van der Waals surface area contributed by atoms with Gasteiger partial charge in [0, 0.05) is 13.2 Å². The molecule has 1 aliphatic rings. The lowest BCUT2D eigenvalue weighted by Crippen LogP contribution is -2.54. The van der Waals surface area contributed by atoms with Crippen LogP contribution < -0.4 is 5.73 Å². The van der Waals surface area contributed by atoms with Crippen molar-refractivity contribution in [3.05, 3.63) is 35.9 Å². The molecule has 0 saturated carbocycles. The van der Waals surface area contributed by atoms with Gasteiger partial charge in [0.15, 0.2) is 0 Å². The van der Waals surface area contributed by atoms with Gasteiger partial charge in [0.05, 0.1) is 19.3 Å². The number of aliphatic hydroxyl groups is 1. The molecule has 0 spiro atoms. The van der Waals surface area contributed by atoms with Crippen LogP contribution in [0.1, 0.15) is 18.4 Å². The van der Waals surface area contributed by atoms with Crippen LogP contribution in [0.25, 0.3) is 0 Å². The second-order valence-electron chi connectivity index (χ2n) is 6.04. The Kier molecular flexibility index (Phi) is 6.64. The van der Waals surface area contributed by atoms with Crippen molar-refractivity contribution in [2.75, 3.05) is 33.4 Å². The average Bonchev–Trinajstić information content (AvgIpc) is 2.51. The minimum Gasteiger partial charge on any atom is -0.395 e. The van der Waals surface area contributed by atoms with Crippen LogP contribution in [0, 0.1) is 5.92 Å². The highest BCUT2D eigenvalue weighted by Gasteiger charge is 2.28. The van der Waals surface area contributed by atoms with Gasteiger partial charge >= 0.3 is 0 Å². The summed E-state index contributed by atoms with van der Waals surface area (Å²) in [6.07, 6.45) is 3.50. The summed E-state index contributed by atoms with van der Waals surface area (Å²) in [5, 5.41) is 9.60. The molecule has 0 bridgehead atoms. The first-order valence-corrected chi connectivity index (χ1v) is 7.88. The summed E-state index contributed by atoms with van der Waals surface area (Å²) in [6, 6.07) is 10.6. The molecule has 0 radical (unpaired) electrons. The summed E-state index contributed by atoms with van der Waals surface area (Å²) in [6.45, 7) is 2.63. The van der Waals surface area contributed by atoms with Crippen molar-refractivity contribution in [1.29, 1.82) is 0 Å². The zero-order chi connectivity index (χ0) is 15.1. The van der Waals surface area contributed by atoms with Crippen LogP contribution in [-0.4, -0.2) is 55.5 Å². The van der Waals surface area contributed by atoms with Gasteiger partial charge in [-0.3, -0.25) is 4.90 Å². The second-order valence-corrected chi connectivity index (χ2v) is 6.04. The fourth-order valence-electron chi connectivity index (χ4n) is 3.26. The number of benzene rings is 1. The first kappa shape index (κ1) is 16.4.